The molecule has 0 radical (unpaired) electrons. The molecular formula is C21H25NO5. The fourth-order valence-corrected chi connectivity index (χ4v) is 2.52. The zero-order chi connectivity index (χ0) is 19.8. The summed E-state index contributed by atoms with van der Waals surface area (Å²) in [5.74, 6) is 0.581. The van der Waals surface area contributed by atoms with Gasteiger partial charge in [0.25, 0.3) is 5.91 Å². The van der Waals surface area contributed by atoms with Gasteiger partial charge in [-0.25, -0.2) is 4.79 Å². The van der Waals surface area contributed by atoms with Crippen LogP contribution in [0.2, 0.25) is 0 Å². The molecule has 0 fully saturated rings. The van der Waals surface area contributed by atoms with E-state index in [0.29, 0.717) is 35.8 Å². The lowest BCUT2D eigenvalue weighted by molar-refractivity contribution is -0.122. The second-order valence-corrected chi connectivity index (χ2v) is 5.93. The molecule has 0 aliphatic carbocycles. The Morgan fingerprint density at radius 2 is 1.81 bits per heavy atom. The third-order valence-electron chi connectivity index (χ3n) is 3.98. The second kappa shape index (κ2) is 9.62. The van der Waals surface area contributed by atoms with E-state index in [4.69, 9.17) is 14.2 Å². The highest BCUT2D eigenvalue weighted by Gasteiger charge is 2.20. The molecule has 1 amide bonds. The van der Waals surface area contributed by atoms with Gasteiger partial charge >= 0.3 is 5.97 Å². The van der Waals surface area contributed by atoms with Gasteiger partial charge in [0.15, 0.2) is 6.10 Å². The van der Waals surface area contributed by atoms with E-state index >= 15 is 0 Å². The lowest BCUT2D eigenvalue weighted by Gasteiger charge is -2.18. The van der Waals surface area contributed by atoms with Crippen molar-refractivity contribution in [2.75, 3.05) is 19.0 Å². The monoisotopic (exact) mass is 371 g/mol. The van der Waals surface area contributed by atoms with Gasteiger partial charge < -0.3 is 19.5 Å². The molecule has 0 spiro atoms. The van der Waals surface area contributed by atoms with E-state index in [1.165, 1.54) is 0 Å². The van der Waals surface area contributed by atoms with Crippen molar-refractivity contribution in [3.63, 3.8) is 0 Å². The first-order valence-electron chi connectivity index (χ1n) is 8.87. The third kappa shape index (κ3) is 5.48. The average Bonchev–Trinajstić information content (AvgIpc) is 2.67. The van der Waals surface area contributed by atoms with E-state index < -0.39 is 6.10 Å². The Hall–Kier alpha value is -3.02. The van der Waals surface area contributed by atoms with Crippen LogP contribution in [0.1, 0.15) is 36.2 Å². The van der Waals surface area contributed by atoms with Crippen LogP contribution in [0.5, 0.6) is 11.5 Å². The molecule has 0 aromatic heterocycles. The van der Waals surface area contributed by atoms with Gasteiger partial charge in [-0.1, -0.05) is 13.0 Å². The van der Waals surface area contributed by atoms with Gasteiger partial charge in [0.2, 0.25) is 0 Å². The summed E-state index contributed by atoms with van der Waals surface area (Å²) in [6, 6.07) is 12.1. The van der Waals surface area contributed by atoms with Crippen molar-refractivity contribution in [2.45, 2.75) is 33.3 Å². The number of hydrogen-bond donors (Lipinski definition) is 1. The lowest BCUT2D eigenvalue weighted by Crippen LogP contribution is -2.32. The number of ether oxygens (including phenoxy) is 3. The molecule has 0 saturated carbocycles. The summed E-state index contributed by atoms with van der Waals surface area (Å²) in [4.78, 5) is 24.4. The molecule has 1 atom stereocenters. The Kier molecular flexibility index (Phi) is 7.23. The molecule has 27 heavy (non-hydrogen) atoms. The van der Waals surface area contributed by atoms with E-state index in [1.807, 2.05) is 19.9 Å². The minimum atomic E-state index is -0.652. The predicted molar refractivity (Wildman–Crippen MR) is 103 cm³/mol. The number of benzene rings is 2. The van der Waals surface area contributed by atoms with Crippen LogP contribution in [0.15, 0.2) is 42.5 Å². The summed E-state index contributed by atoms with van der Waals surface area (Å²) in [5.41, 5.74) is 1.85. The van der Waals surface area contributed by atoms with Crippen LogP contribution in [0.4, 0.5) is 5.69 Å². The molecular weight excluding hydrogens is 346 g/mol. The van der Waals surface area contributed by atoms with Crippen LogP contribution in [0, 0.1) is 6.92 Å². The first kappa shape index (κ1) is 20.3. The van der Waals surface area contributed by atoms with Crippen molar-refractivity contribution in [3.8, 4) is 11.5 Å². The average molecular weight is 371 g/mol. The van der Waals surface area contributed by atoms with Gasteiger partial charge in [-0.3, -0.25) is 4.79 Å². The Bertz CT molecular complexity index is 803. The molecule has 2 aromatic carbocycles. The van der Waals surface area contributed by atoms with Crippen molar-refractivity contribution in [3.05, 3.63) is 53.6 Å². The number of esters is 1. The fraction of sp³-hybridized carbons (Fsp3) is 0.333. The van der Waals surface area contributed by atoms with Crippen molar-refractivity contribution < 1.29 is 23.8 Å². The SMILES string of the molecule is CCOC(=O)c1ccc(NC(=O)[C@H](CC)Oc2cccc(OC)c2)c(C)c1. The Morgan fingerprint density at radius 1 is 1.07 bits per heavy atom. The fourth-order valence-electron chi connectivity index (χ4n) is 2.52. The van der Waals surface area contributed by atoms with Crippen LogP contribution in [0.25, 0.3) is 0 Å². The molecule has 2 rings (SSSR count). The number of anilines is 1. The van der Waals surface area contributed by atoms with Gasteiger partial charge in [0.1, 0.15) is 11.5 Å². The van der Waals surface area contributed by atoms with Crippen LogP contribution in [0.3, 0.4) is 0 Å². The number of hydrogen-bond acceptors (Lipinski definition) is 5. The quantitative estimate of drug-likeness (QED) is 0.711. The topological polar surface area (TPSA) is 73.9 Å². The summed E-state index contributed by atoms with van der Waals surface area (Å²) in [6.45, 7) is 5.77. The summed E-state index contributed by atoms with van der Waals surface area (Å²) < 4.78 is 16.0. The van der Waals surface area contributed by atoms with E-state index in [9.17, 15) is 9.59 Å². The smallest absolute Gasteiger partial charge is 0.338 e. The van der Waals surface area contributed by atoms with Gasteiger partial charge in [-0.2, -0.15) is 0 Å². The van der Waals surface area contributed by atoms with Crippen molar-refractivity contribution in [1.82, 2.24) is 0 Å². The zero-order valence-electron chi connectivity index (χ0n) is 16.1. The summed E-state index contributed by atoms with van der Waals surface area (Å²) in [7, 11) is 1.58. The number of amides is 1. The number of carbonyl (C=O) groups excluding carboxylic acids is 2. The normalized spacial score (nSPS) is 11.4. The van der Waals surface area contributed by atoms with Gasteiger partial charge in [-0.15, -0.1) is 0 Å². The second-order valence-electron chi connectivity index (χ2n) is 5.93. The zero-order valence-corrected chi connectivity index (χ0v) is 16.1. The standard InChI is InChI=1S/C21H25NO5/c1-5-19(27-17-9-7-8-16(13-17)25-4)20(23)22-18-11-10-15(12-14(18)3)21(24)26-6-2/h7-13,19H,5-6H2,1-4H3,(H,22,23)/t19-/m0/s1. The van der Waals surface area contributed by atoms with Gasteiger partial charge in [0, 0.05) is 11.8 Å². The largest absolute Gasteiger partial charge is 0.497 e. The number of rotatable bonds is 8. The maximum absolute atomic E-state index is 12.6. The molecule has 2 aromatic rings. The highest BCUT2D eigenvalue weighted by molar-refractivity contribution is 5.96. The summed E-state index contributed by atoms with van der Waals surface area (Å²) in [6.07, 6.45) is -0.149. The summed E-state index contributed by atoms with van der Waals surface area (Å²) >= 11 is 0. The molecule has 0 heterocycles. The maximum atomic E-state index is 12.6. The molecule has 0 saturated heterocycles. The van der Waals surface area contributed by atoms with Crippen LogP contribution >= 0.6 is 0 Å². The Labute approximate surface area is 159 Å². The first-order valence-corrected chi connectivity index (χ1v) is 8.87. The molecule has 0 aliphatic heterocycles. The molecule has 6 nitrogen and oxygen atoms in total. The number of aryl methyl sites for hydroxylation is 1. The molecule has 0 aliphatic rings. The number of carbonyl (C=O) groups is 2. The highest BCUT2D eigenvalue weighted by atomic mass is 16.5. The molecule has 0 unspecified atom stereocenters. The van der Waals surface area contributed by atoms with Crippen molar-refractivity contribution in [1.29, 1.82) is 0 Å². The Balaban J connectivity index is 2.08. The van der Waals surface area contributed by atoms with E-state index in [2.05, 4.69) is 5.32 Å². The van der Waals surface area contributed by atoms with Crippen LogP contribution in [-0.4, -0.2) is 31.7 Å². The van der Waals surface area contributed by atoms with Gasteiger partial charge in [-0.05, 0) is 56.2 Å². The number of nitrogens with one attached hydrogen (secondary N) is 1. The van der Waals surface area contributed by atoms with E-state index in [-0.39, 0.29) is 11.9 Å². The van der Waals surface area contributed by atoms with Gasteiger partial charge in [0.05, 0.1) is 19.3 Å². The molecule has 0 bridgehead atoms. The Morgan fingerprint density at radius 3 is 2.44 bits per heavy atom. The lowest BCUT2D eigenvalue weighted by atomic mass is 10.1. The minimum Gasteiger partial charge on any atom is -0.497 e. The third-order valence-corrected chi connectivity index (χ3v) is 3.98. The maximum Gasteiger partial charge on any atom is 0.338 e. The van der Waals surface area contributed by atoms with Crippen molar-refractivity contribution >= 4 is 17.6 Å². The summed E-state index contributed by atoms with van der Waals surface area (Å²) in [5, 5.41) is 2.86. The molecule has 6 heteroatoms. The molecule has 144 valence electrons. The van der Waals surface area contributed by atoms with E-state index in [0.717, 1.165) is 5.56 Å². The predicted octanol–water partition coefficient (Wildman–Crippen LogP) is 3.98. The molecule has 1 N–H and O–H groups in total. The minimum absolute atomic E-state index is 0.257. The first-order chi connectivity index (χ1) is 13.0. The highest BCUT2D eigenvalue weighted by Crippen LogP contribution is 2.22. The van der Waals surface area contributed by atoms with Crippen LogP contribution < -0.4 is 14.8 Å². The van der Waals surface area contributed by atoms with E-state index in [1.54, 1.807) is 50.4 Å². The number of methoxy groups -OCH3 is 1. The van der Waals surface area contributed by atoms with Crippen molar-refractivity contribution in [2.24, 2.45) is 0 Å². The van der Waals surface area contributed by atoms with Crippen LogP contribution in [-0.2, 0) is 9.53 Å².